The smallest absolute Gasteiger partial charge is 0.0947 e. The average molecular weight is 299 g/mol. The zero-order chi connectivity index (χ0) is 14.6. The normalized spacial score (nSPS) is 27.6. The molecule has 2 heterocycles. The van der Waals surface area contributed by atoms with Gasteiger partial charge < -0.3 is 10.5 Å². The lowest BCUT2D eigenvalue weighted by Crippen LogP contribution is -2.51. The predicted molar refractivity (Wildman–Crippen MR) is 86.6 cm³/mol. The average Bonchev–Trinajstić information content (AvgIpc) is 2.45. The molecule has 0 saturated carbocycles. The van der Waals surface area contributed by atoms with Crippen molar-refractivity contribution in [2.24, 2.45) is 11.7 Å². The number of nitrogens with zero attached hydrogens (tertiary/aromatic N) is 1. The molecule has 20 heavy (non-hydrogen) atoms. The molecular weight excluding hydrogens is 270 g/mol. The standard InChI is InChI=1S/C15H29N3OS/c1-3-18(11-12(2)14(16)17)13-4-7-19-15(10-13)5-8-20-9-6-15/h12-13H,3-11H2,1-2H3,(H3,16,17). The highest BCUT2D eigenvalue weighted by Crippen LogP contribution is 2.38. The maximum atomic E-state index is 7.60. The highest BCUT2D eigenvalue weighted by atomic mass is 32.2. The largest absolute Gasteiger partial charge is 0.387 e. The van der Waals surface area contributed by atoms with Gasteiger partial charge in [-0.25, -0.2) is 0 Å². The van der Waals surface area contributed by atoms with Crippen LogP contribution in [0.25, 0.3) is 0 Å². The van der Waals surface area contributed by atoms with Crippen molar-refractivity contribution < 1.29 is 4.74 Å². The van der Waals surface area contributed by atoms with E-state index in [1.807, 2.05) is 0 Å². The van der Waals surface area contributed by atoms with Crippen LogP contribution >= 0.6 is 11.8 Å². The second kappa shape index (κ2) is 7.14. The first kappa shape index (κ1) is 16.1. The number of rotatable bonds is 5. The summed E-state index contributed by atoms with van der Waals surface area (Å²) in [6.45, 7) is 7.10. The number of ether oxygens (including phenoxy) is 1. The Balaban J connectivity index is 1.96. The number of thioether (sulfide) groups is 1. The molecule has 4 nitrogen and oxygen atoms in total. The van der Waals surface area contributed by atoms with Crippen LogP contribution in [-0.2, 0) is 4.74 Å². The summed E-state index contributed by atoms with van der Waals surface area (Å²) in [6.07, 6.45) is 4.68. The summed E-state index contributed by atoms with van der Waals surface area (Å²) >= 11 is 2.05. The molecule has 5 heteroatoms. The Kier molecular flexibility index (Phi) is 5.75. The minimum Gasteiger partial charge on any atom is -0.387 e. The number of nitrogens with two attached hydrogens (primary N) is 1. The quantitative estimate of drug-likeness (QED) is 0.604. The lowest BCUT2D eigenvalue weighted by atomic mass is 9.84. The van der Waals surface area contributed by atoms with Gasteiger partial charge in [-0.15, -0.1) is 0 Å². The summed E-state index contributed by atoms with van der Waals surface area (Å²) in [6, 6.07) is 0.596. The van der Waals surface area contributed by atoms with E-state index in [-0.39, 0.29) is 11.5 Å². The van der Waals surface area contributed by atoms with Gasteiger partial charge in [0, 0.05) is 25.1 Å². The van der Waals surface area contributed by atoms with E-state index < -0.39 is 0 Å². The highest BCUT2D eigenvalue weighted by Gasteiger charge is 2.40. The summed E-state index contributed by atoms with van der Waals surface area (Å²) in [5.74, 6) is 2.93. The van der Waals surface area contributed by atoms with Crippen molar-refractivity contribution in [1.82, 2.24) is 4.90 Å². The molecule has 0 aromatic carbocycles. The van der Waals surface area contributed by atoms with Crippen molar-refractivity contribution >= 4 is 17.6 Å². The van der Waals surface area contributed by atoms with Crippen LogP contribution in [0.5, 0.6) is 0 Å². The minimum atomic E-state index is 0.140. The van der Waals surface area contributed by atoms with E-state index in [1.54, 1.807) is 0 Å². The molecule has 0 bridgehead atoms. The molecular formula is C15H29N3OS. The molecule has 2 atom stereocenters. The third-order valence-electron chi connectivity index (χ3n) is 4.83. The molecule has 0 radical (unpaired) electrons. The Morgan fingerprint density at radius 3 is 2.80 bits per heavy atom. The molecule has 0 aliphatic carbocycles. The molecule has 2 aliphatic rings. The Morgan fingerprint density at radius 2 is 2.20 bits per heavy atom. The molecule has 2 fully saturated rings. The van der Waals surface area contributed by atoms with E-state index in [1.165, 1.54) is 24.3 Å². The zero-order valence-corrected chi connectivity index (χ0v) is 13.7. The van der Waals surface area contributed by atoms with Crippen LogP contribution in [0.1, 0.15) is 39.5 Å². The van der Waals surface area contributed by atoms with Gasteiger partial charge in [0.15, 0.2) is 0 Å². The second-order valence-electron chi connectivity index (χ2n) is 6.23. The summed E-state index contributed by atoms with van der Waals surface area (Å²) in [5.41, 5.74) is 5.77. The molecule has 2 aliphatic heterocycles. The maximum Gasteiger partial charge on any atom is 0.0947 e. The van der Waals surface area contributed by atoms with Gasteiger partial charge in [0.05, 0.1) is 11.4 Å². The van der Waals surface area contributed by atoms with Crippen LogP contribution in [0.2, 0.25) is 0 Å². The van der Waals surface area contributed by atoms with Crippen LogP contribution < -0.4 is 5.73 Å². The topological polar surface area (TPSA) is 62.3 Å². The lowest BCUT2D eigenvalue weighted by molar-refractivity contribution is -0.110. The molecule has 2 saturated heterocycles. The number of hydrogen-bond donors (Lipinski definition) is 2. The fraction of sp³-hybridized carbons (Fsp3) is 0.933. The van der Waals surface area contributed by atoms with E-state index in [4.69, 9.17) is 15.9 Å². The molecule has 116 valence electrons. The molecule has 2 unspecified atom stereocenters. The van der Waals surface area contributed by atoms with Crippen LogP contribution in [0, 0.1) is 11.3 Å². The Bertz CT molecular complexity index is 326. The summed E-state index contributed by atoms with van der Waals surface area (Å²) in [5, 5.41) is 7.60. The third-order valence-corrected chi connectivity index (χ3v) is 5.82. The van der Waals surface area contributed by atoms with Gasteiger partial charge >= 0.3 is 0 Å². The lowest BCUT2D eigenvalue weighted by Gasteiger charge is -2.46. The molecule has 0 aromatic heterocycles. The second-order valence-corrected chi connectivity index (χ2v) is 7.46. The van der Waals surface area contributed by atoms with Gasteiger partial charge in [0.2, 0.25) is 0 Å². The van der Waals surface area contributed by atoms with E-state index in [0.717, 1.165) is 32.5 Å². The fourth-order valence-corrected chi connectivity index (χ4v) is 4.63. The predicted octanol–water partition coefficient (Wildman–Crippen LogP) is 2.33. The first-order valence-corrected chi connectivity index (χ1v) is 9.01. The van der Waals surface area contributed by atoms with Gasteiger partial charge in [-0.2, -0.15) is 11.8 Å². The number of hydrogen-bond acceptors (Lipinski definition) is 4. The van der Waals surface area contributed by atoms with E-state index in [0.29, 0.717) is 11.9 Å². The van der Waals surface area contributed by atoms with Gasteiger partial charge in [0.25, 0.3) is 0 Å². The monoisotopic (exact) mass is 299 g/mol. The van der Waals surface area contributed by atoms with Gasteiger partial charge in [-0.3, -0.25) is 10.3 Å². The summed E-state index contributed by atoms with van der Waals surface area (Å²) < 4.78 is 6.18. The van der Waals surface area contributed by atoms with E-state index >= 15 is 0 Å². The molecule has 0 aromatic rings. The summed E-state index contributed by atoms with van der Waals surface area (Å²) in [4.78, 5) is 2.51. The van der Waals surface area contributed by atoms with Gasteiger partial charge in [-0.1, -0.05) is 13.8 Å². The van der Waals surface area contributed by atoms with Crippen molar-refractivity contribution in [2.45, 2.75) is 51.2 Å². The molecule has 1 spiro atoms. The fourth-order valence-electron chi connectivity index (χ4n) is 3.39. The van der Waals surface area contributed by atoms with Crippen LogP contribution in [-0.4, -0.2) is 53.6 Å². The number of amidine groups is 1. The summed E-state index contributed by atoms with van der Waals surface area (Å²) in [7, 11) is 0. The van der Waals surface area contributed by atoms with Gasteiger partial charge in [-0.05, 0) is 43.7 Å². The van der Waals surface area contributed by atoms with Crippen molar-refractivity contribution in [3.8, 4) is 0 Å². The van der Waals surface area contributed by atoms with Crippen molar-refractivity contribution in [1.29, 1.82) is 5.41 Å². The van der Waals surface area contributed by atoms with E-state index in [9.17, 15) is 0 Å². The van der Waals surface area contributed by atoms with E-state index in [2.05, 4.69) is 30.5 Å². The van der Waals surface area contributed by atoms with Crippen LogP contribution in [0.15, 0.2) is 0 Å². The van der Waals surface area contributed by atoms with Gasteiger partial charge in [0.1, 0.15) is 0 Å². The Hall–Kier alpha value is -0.260. The molecule has 3 N–H and O–H groups in total. The number of nitrogens with one attached hydrogen (secondary N) is 1. The van der Waals surface area contributed by atoms with Crippen molar-refractivity contribution in [2.75, 3.05) is 31.2 Å². The first-order valence-electron chi connectivity index (χ1n) is 7.86. The molecule has 0 amide bonds. The zero-order valence-electron chi connectivity index (χ0n) is 12.9. The molecule has 2 rings (SSSR count). The van der Waals surface area contributed by atoms with Crippen LogP contribution in [0.3, 0.4) is 0 Å². The maximum absolute atomic E-state index is 7.60. The Morgan fingerprint density at radius 1 is 1.50 bits per heavy atom. The van der Waals surface area contributed by atoms with Crippen molar-refractivity contribution in [3.63, 3.8) is 0 Å². The third kappa shape index (κ3) is 3.89. The van der Waals surface area contributed by atoms with Crippen LogP contribution in [0.4, 0.5) is 0 Å². The first-order chi connectivity index (χ1) is 9.56. The Labute approximate surface area is 127 Å². The minimum absolute atomic E-state index is 0.140. The highest BCUT2D eigenvalue weighted by molar-refractivity contribution is 7.99. The SMILES string of the molecule is CCN(CC(C)C(=N)N)C1CCOC2(CCSCC2)C1. The van der Waals surface area contributed by atoms with Crippen molar-refractivity contribution in [3.05, 3.63) is 0 Å².